The van der Waals surface area contributed by atoms with Gasteiger partial charge in [-0.2, -0.15) is 0 Å². The molecule has 528 valence electrons. The summed E-state index contributed by atoms with van der Waals surface area (Å²) >= 11 is 0. The molecule has 0 aromatic heterocycles. The van der Waals surface area contributed by atoms with Crippen LogP contribution in [0.4, 0.5) is 0 Å². The molecule has 5 heterocycles. The van der Waals surface area contributed by atoms with Gasteiger partial charge in [0.2, 0.25) is 11.6 Å². The Bertz CT molecular complexity index is 2820. The van der Waals surface area contributed by atoms with Crippen molar-refractivity contribution in [2.75, 3.05) is 0 Å². The smallest absolute Gasteiger partial charge is 0.244 e. The second kappa shape index (κ2) is 32.3. The maximum absolute atomic E-state index is 16.3. The molecule has 8 rings (SSSR count). The molecule has 5 aliphatic heterocycles. The van der Waals surface area contributed by atoms with Crippen molar-refractivity contribution < 1.29 is 28.5 Å². The van der Waals surface area contributed by atoms with E-state index in [-0.39, 0.29) is 17.0 Å². The molecule has 1 spiro atoms. The average Bonchev–Trinajstić information content (AvgIpc) is 0.656. The largest absolute Gasteiger partial charge is 0.487 e. The van der Waals surface area contributed by atoms with Crippen LogP contribution in [-0.4, -0.2) is 34.0 Å². The Morgan fingerprint density at radius 3 is 1.03 bits per heavy atom. The van der Waals surface area contributed by atoms with Crippen molar-refractivity contribution in [1.82, 2.24) is 0 Å². The van der Waals surface area contributed by atoms with Crippen molar-refractivity contribution in [3.8, 4) is 23.0 Å². The van der Waals surface area contributed by atoms with Crippen molar-refractivity contribution in [2.24, 2.45) is 58.7 Å². The third-order valence-electron chi connectivity index (χ3n) is 26.0. The predicted octanol–water partition coefficient (Wildman–Crippen LogP) is 25.3. The van der Waals surface area contributed by atoms with Crippen LogP contribution in [0.25, 0.3) is 0 Å². The van der Waals surface area contributed by atoms with Gasteiger partial charge < -0.3 is 23.7 Å². The molecule has 6 aliphatic rings. The highest BCUT2D eigenvalue weighted by molar-refractivity contribution is 6.05. The highest BCUT2D eigenvalue weighted by atomic mass is 16.7. The average molecular weight is 1290 g/mol. The molecule has 0 saturated carbocycles. The minimum Gasteiger partial charge on any atom is -0.487 e. The van der Waals surface area contributed by atoms with Crippen molar-refractivity contribution in [2.45, 2.75) is 405 Å². The van der Waals surface area contributed by atoms with E-state index in [1.165, 1.54) is 175 Å². The van der Waals surface area contributed by atoms with Crippen LogP contribution in [-0.2, 0) is 35.2 Å². The van der Waals surface area contributed by atoms with E-state index in [0.717, 1.165) is 169 Å². The fraction of sp³-hybridized carbons (Fsp3) is 0.828. The van der Waals surface area contributed by atoms with Crippen LogP contribution in [0.5, 0.6) is 23.0 Å². The SMILES string of the molecule is CC1=C(C)[C@@]23Oc4c(C)c(C)c5c(c4C[C@@]2(CC[C@@](C)(CCC[C@H](C)CCC[C@H](C)CCCC(C)C)O3)[C@@]2(CCc3c4c(c(C)c(C)c3O2)O[C@](C)(CCC[C@@H](C)CCC[C@@H](C)CCCC(C)C)CC4)C1=O)CC[C@@](C)(CCC[C@H](C)CCC[C@H](C)CCCC(C)C)O5. The molecule has 1 saturated heterocycles. The van der Waals surface area contributed by atoms with Gasteiger partial charge in [0.25, 0.3) is 0 Å². The van der Waals surface area contributed by atoms with E-state index in [2.05, 4.69) is 145 Å². The Hall–Kier alpha value is -2.99. The molecule has 0 bridgehead atoms. The second-order valence-electron chi connectivity index (χ2n) is 35.9. The second-order valence-corrected chi connectivity index (χ2v) is 35.9. The lowest BCUT2D eigenvalue weighted by molar-refractivity contribution is -0.350. The number of Topliss-reactive ketones (excluding diaryl/α,β-unsaturated/α-hetero) is 1. The van der Waals surface area contributed by atoms with Crippen LogP contribution in [0, 0.1) is 86.4 Å². The lowest BCUT2D eigenvalue weighted by Gasteiger charge is -2.67. The number of hydrogen-bond donors (Lipinski definition) is 0. The first-order chi connectivity index (χ1) is 43.9. The third-order valence-corrected chi connectivity index (χ3v) is 26.0. The zero-order chi connectivity index (χ0) is 67.8. The maximum atomic E-state index is 16.3. The predicted molar refractivity (Wildman–Crippen MR) is 394 cm³/mol. The molecular weight excluding hydrogens is 1140 g/mol. The number of carbonyl (C=O) groups is 1. The van der Waals surface area contributed by atoms with Gasteiger partial charge >= 0.3 is 0 Å². The molecule has 0 N–H and O–H groups in total. The molecule has 0 radical (unpaired) electrons. The van der Waals surface area contributed by atoms with Crippen molar-refractivity contribution in [1.29, 1.82) is 0 Å². The number of ether oxygens (including phenoxy) is 5. The molecule has 2 aromatic carbocycles. The zero-order valence-corrected chi connectivity index (χ0v) is 64.6. The van der Waals surface area contributed by atoms with Crippen LogP contribution >= 0.6 is 0 Å². The van der Waals surface area contributed by atoms with Gasteiger partial charge in [0.05, 0.1) is 11.0 Å². The number of rotatable bonds is 36. The highest BCUT2D eigenvalue weighted by Gasteiger charge is 2.78. The maximum Gasteiger partial charge on any atom is 0.244 e. The summed E-state index contributed by atoms with van der Waals surface area (Å²) in [5.41, 5.74) is 8.40. The van der Waals surface area contributed by atoms with Gasteiger partial charge in [0, 0.05) is 33.4 Å². The molecule has 93 heavy (non-hydrogen) atoms. The number of hydrogen-bond acceptors (Lipinski definition) is 6. The van der Waals surface area contributed by atoms with E-state index < -0.39 is 22.4 Å². The summed E-state index contributed by atoms with van der Waals surface area (Å²) in [4.78, 5) is 16.3. The summed E-state index contributed by atoms with van der Waals surface area (Å²) in [6.07, 6.45) is 42.0. The molecular formula is C87H144O6. The van der Waals surface area contributed by atoms with E-state index >= 15 is 4.79 Å². The molecule has 0 amide bonds. The summed E-state index contributed by atoms with van der Waals surface area (Å²) in [6, 6.07) is 0. The van der Waals surface area contributed by atoms with Gasteiger partial charge in [-0.3, -0.25) is 4.79 Å². The Kier molecular flexibility index (Phi) is 26.4. The van der Waals surface area contributed by atoms with Crippen LogP contribution in [0.15, 0.2) is 11.1 Å². The van der Waals surface area contributed by atoms with Gasteiger partial charge in [-0.15, -0.1) is 0 Å². The van der Waals surface area contributed by atoms with Gasteiger partial charge in [0.1, 0.15) is 34.2 Å². The summed E-state index contributed by atoms with van der Waals surface area (Å²) < 4.78 is 39.0. The van der Waals surface area contributed by atoms with Gasteiger partial charge in [-0.05, 0) is 228 Å². The standard InChI is InChI=1S/C87H144O6/c1-58(2)31-22-34-61(7)37-25-40-64(10)43-28-49-82(19)52-46-73-74-48-54-86(91-79(74)69(15)67(13)77(73)89-82)81(88)71(17)72(18)87-85(86,56-55-84(21,93-87)51-30-45-66(12)42-27-39-63(9)36-24-33-60(5)6)57-76-75-47-53-83(20,90-78(75)68(14)70(16)80(76)92-87)50-29-44-65(11)41-26-38-62(8)35-23-32-59(3)4/h58-66H,22-57H2,1-21H3/t61-,62+,63+,64-,65+,66+,82+,83+,84+,85-,86+,87-/m0/s1. The molecule has 0 unspecified atom stereocenters. The normalized spacial score (nSPS) is 27.7. The minimum atomic E-state index is -1.21. The fourth-order valence-electron chi connectivity index (χ4n) is 19.0. The monoisotopic (exact) mass is 1290 g/mol. The number of ketones is 1. The van der Waals surface area contributed by atoms with E-state index in [9.17, 15) is 0 Å². The summed E-state index contributed by atoms with van der Waals surface area (Å²) in [5, 5.41) is 0. The number of fused-ring (bicyclic) bond motifs is 6. The molecule has 1 fully saturated rings. The molecule has 2 aromatic rings. The first-order valence-electron chi connectivity index (χ1n) is 39.9. The first-order valence-corrected chi connectivity index (χ1v) is 39.9. The Morgan fingerprint density at radius 2 is 0.656 bits per heavy atom. The van der Waals surface area contributed by atoms with Gasteiger partial charge in [-0.25, -0.2) is 0 Å². The van der Waals surface area contributed by atoms with Gasteiger partial charge in [0.15, 0.2) is 5.60 Å². The van der Waals surface area contributed by atoms with Crippen LogP contribution in [0.2, 0.25) is 0 Å². The Morgan fingerprint density at radius 1 is 0.344 bits per heavy atom. The number of carbonyl (C=O) groups excluding carboxylic acids is 1. The van der Waals surface area contributed by atoms with E-state index in [1.807, 2.05) is 0 Å². The van der Waals surface area contributed by atoms with Crippen LogP contribution in [0.1, 0.15) is 368 Å². The topological polar surface area (TPSA) is 63.2 Å². The van der Waals surface area contributed by atoms with Gasteiger partial charge in [-0.1, -0.05) is 224 Å². The van der Waals surface area contributed by atoms with E-state index in [4.69, 9.17) is 23.7 Å². The zero-order valence-electron chi connectivity index (χ0n) is 64.6. The Labute approximate surface area is 573 Å². The fourth-order valence-corrected chi connectivity index (χ4v) is 19.0. The van der Waals surface area contributed by atoms with Crippen molar-refractivity contribution >= 4 is 5.78 Å². The lowest BCUT2D eigenvalue weighted by atomic mass is 9.48. The first kappa shape index (κ1) is 75.8. The number of benzene rings is 2. The van der Waals surface area contributed by atoms with E-state index in [0.29, 0.717) is 18.8 Å². The molecule has 6 nitrogen and oxygen atoms in total. The highest BCUT2D eigenvalue weighted by Crippen LogP contribution is 2.69. The molecule has 12 atom stereocenters. The minimum absolute atomic E-state index is 0.125. The van der Waals surface area contributed by atoms with E-state index in [1.54, 1.807) is 0 Å². The Balaban J connectivity index is 1.04. The van der Waals surface area contributed by atoms with Crippen molar-refractivity contribution in [3.63, 3.8) is 0 Å². The quantitative estimate of drug-likeness (QED) is 0.0677. The third kappa shape index (κ3) is 17.5. The lowest BCUT2D eigenvalue weighted by Crippen LogP contribution is -2.79. The molecule has 6 heteroatoms. The van der Waals surface area contributed by atoms with Crippen LogP contribution < -0.4 is 18.9 Å². The van der Waals surface area contributed by atoms with Crippen LogP contribution in [0.3, 0.4) is 0 Å². The van der Waals surface area contributed by atoms with Crippen molar-refractivity contribution in [3.05, 3.63) is 55.7 Å². The summed E-state index contributed by atoms with van der Waals surface area (Å²) in [6.45, 7) is 49.4. The summed E-state index contributed by atoms with van der Waals surface area (Å²) in [5.74, 6) is 9.95. The summed E-state index contributed by atoms with van der Waals surface area (Å²) in [7, 11) is 0. The molecule has 1 aliphatic carbocycles.